The van der Waals surface area contributed by atoms with Crippen LogP contribution in [0.2, 0.25) is 5.02 Å². The molecule has 2 aromatic heterocycles. The molecule has 0 radical (unpaired) electrons. The molecule has 1 N–H and O–H groups in total. The van der Waals surface area contributed by atoms with Crippen molar-refractivity contribution in [2.24, 2.45) is 11.8 Å². The van der Waals surface area contributed by atoms with E-state index in [0.29, 0.717) is 58.5 Å². The predicted molar refractivity (Wildman–Crippen MR) is 197 cm³/mol. The van der Waals surface area contributed by atoms with Gasteiger partial charge in [0.15, 0.2) is 11.9 Å². The van der Waals surface area contributed by atoms with E-state index < -0.39 is 11.5 Å². The Morgan fingerprint density at radius 1 is 1.04 bits per heavy atom. The summed E-state index contributed by atoms with van der Waals surface area (Å²) in [7, 11) is 1.35. The van der Waals surface area contributed by atoms with E-state index in [9.17, 15) is 9.59 Å². The number of amides is 1. The monoisotopic (exact) mass is 738 g/mol. The van der Waals surface area contributed by atoms with Crippen LogP contribution in [0.5, 0.6) is 0 Å². The Kier molecular flexibility index (Phi) is 9.74. The minimum atomic E-state index is -0.592. The van der Waals surface area contributed by atoms with Crippen molar-refractivity contribution in [3.63, 3.8) is 0 Å². The zero-order valence-electron chi connectivity index (χ0n) is 29.3. The second kappa shape index (κ2) is 14.7. The number of hydrogen-bond acceptors (Lipinski definition) is 9. The number of halogens is 2. The number of nitrogens with one attached hydrogen (secondary N) is 1. The predicted octanol–water partition coefficient (Wildman–Crippen LogP) is 7.02. The van der Waals surface area contributed by atoms with E-state index >= 15 is 4.39 Å². The molecule has 5 aromatic rings. The molecule has 2 aliphatic heterocycles. The molecule has 4 atom stereocenters. The van der Waals surface area contributed by atoms with Gasteiger partial charge in [-0.15, -0.1) is 0 Å². The third-order valence-corrected chi connectivity index (χ3v) is 11.3. The molecule has 8 rings (SSSR count). The van der Waals surface area contributed by atoms with Crippen molar-refractivity contribution in [1.82, 2.24) is 25.1 Å². The lowest BCUT2D eigenvalue weighted by Gasteiger charge is -2.27. The number of ether oxygens (including phenoxy) is 3. The summed E-state index contributed by atoms with van der Waals surface area (Å²) in [5.41, 5.74) is 4.05. The first kappa shape index (κ1) is 35.0. The average Bonchev–Trinajstić information content (AvgIpc) is 3.68. The molecule has 11 nitrogen and oxygen atoms in total. The highest BCUT2D eigenvalue weighted by molar-refractivity contribution is 6.33. The van der Waals surface area contributed by atoms with Crippen LogP contribution in [-0.4, -0.2) is 65.2 Å². The fourth-order valence-corrected chi connectivity index (χ4v) is 8.52. The SMILES string of the molecule is COC(=O)Cc1ccc(-c2nn(C3CCCCO3)c3nc(N4CC[C@@H]5[C@H](C4)[C@@]5(CNC(=O)OCc4ccccc4)c4ccccc4F)cnc23)c(Cl)c1. The summed E-state index contributed by atoms with van der Waals surface area (Å²) in [6.45, 7) is 2.32. The number of hydrogen-bond donors (Lipinski definition) is 1. The third kappa shape index (κ3) is 6.81. The average molecular weight is 739 g/mol. The van der Waals surface area contributed by atoms with Crippen molar-refractivity contribution in [2.45, 2.75) is 50.4 Å². The Morgan fingerprint density at radius 2 is 1.87 bits per heavy atom. The molecular weight excluding hydrogens is 699 g/mol. The molecule has 1 unspecified atom stereocenters. The number of methoxy groups -OCH3 is 1. The van der Waals surface area contributed by atoms with E-state index in [-0.39, 0.29) is 49.4 Å². The topological polar surface area (TPSA) is 121 Å². The molecule has 274 valence electrons. The van der Waals surface area contributed by atoms with Gasteiger partial charge in [0.25, 0.3) is 0 Å². The Morgan fingerprint density at radius 3 is 2.64 bits per heavy atom. The van der Waals surface area contributed by atoms with E-state index in [2.05, 4.69) is 10.2 Å². The second-order valence-electron chi connectivity index (χ2n) is 14.0. The van der Waals surface area contributed by atoms with Crippen molar-refractivity contribution < 1.29 is 28.2 Å². The van der Waals surface area contributed by atoms with Gasteiger partial charge in [-0.05, 0) is 66.3 Å². The maximum absolute atomic E-state index is 15.5. The number of benzene rings is 3. The van der Waals surface area contributed by atoms with Gasteiger partial charge in [0, 0.05) is 37.2 Å². The van der Waals surface area contributed by atoms with Gasteiger partial charge in [-0.25, -0.2) is 23.8 Å². The fourth-order valence-electron chi connectivity index (χ4n) is 8.22. The summed E-state index contributed by atoms with van der Waals surface area (Å²) < 4.78 is 33.8. The Balaban J connectivity index is 1.07. The summed E-state index contributed by atoms with van der Waals surface area (Å²) >= 11 is 6.79. The number of aromatic nitrogens is 4. The highest BCUT2D eigenvalue weighted by Gasteiger charge is 2.67. The van der Waals surface area contributed by atoms with Crippen LogP contribution in [0.25, 0.3) is 22.4 Å². The maximum Gasteiger partial charge on any atom is 0.407 e. The van der Waals surface area contributed by atoms with Crippen LogP contribution in [0.3, 0.4) is 0 Å². The first-order chi connectivity index (χ1) is 25.9. The number of rotatable bonds is 10. The number of fused-ring (bicyclic) bond motifs is 2. The summed E-state index contributed by atoms with van der Waals surface area (Å²) in [6.07, 6.45) is 4.56. The normalized spacial score (nSPS) is 22.2. The van der Waals surface area contributed by atoms with Crippen LogP contribution < -0.4 is 10.2 Å². The summed E-state index contributed by atoms with van der Waals surface area (Å²) in [5, 5.41) is 8.39. The second-order valence-corrected chi connectivity index (χ2v) is 14.4. The first-order valence-electron chi connectivity index (χ1n) is 18.0. The summed E-state index contributed by atoms with van der Waals surface area (Å²) in [4.78, 5) is 37.0. The maximum atomic E-state index is 15.5. The molecule has 0 bridgehead atoms. The van der Waals surface area contributed by atoms with Gasteiger partial charge < -0.3 is 24.4 Å². The number of carbonyl (C=O) groups excluding carboxylic acids is 2. The molecular formula is C40H40ClFN6O5. The molecule has 53 heavy (non-hydrogen) atoms. The Bertz CT molecular complexity index is 2140. The van der Waals surface area contributed by atoms with Crippen LogP contribution in [0.4, 0.5) is 15.0 Å². The number of piperidine rings is 1. The van der Waals surface area contributed by atoms with Crippen LogP contribution in [0.15, 0.2) is 79.0 Å². The molecule has 13 heteroatoms. The molecule has 3 fully saturated rings. The highest BCUT2D eigenvalue weighted by Crippen LogP contribution is 2.63. The van der Waals surface area contributed by atoms with Crippen molar-refractivity contribution in [2.75, 3.05) is 38.3 Å². The zero-order chi connectivity index (χ0) is 36.5. The van der Waals surface area contributed by atoms with Crippen molar-refractivity contribution in [3.05, 3.63) is 107 Å². The van der Waals surface area contributed by atoms with Crippen LogP contribution in [0.1, 0.15) is 48.6 Å². The van der Waals surface area contributed by atoms with E-state index in [1.165, 1.54) is 13.2 Å². The highest BCUT2D eigenvalue weighted by atomic mass is 35.5. The lowest BCUT2D eigenvalue weighted by atomic mass is 9.90. The third-order valence-electron chi connectivity index (χ3n) is 10.9. The van der Waals surface area contributed by atoms with Crippen molar-refractivity contribution in [3.8, 4) is 11.3 Å². The number of esters is 1. The number of anilines is 1. The minimum Gasteiger partial charge on any atom is -0.469 e. The van der Waals surface area contributed by atoms with Gasteiger partial charge >= 0.3 is 12.1 Å². The summed E-state index contributed by atoms with van der Waals surface area (Å²) in [5.74, 6) is 0.275. The van der Waals surface area contributed by atoms with E-state index in [1.54, 1.807) is 18.3 Å². The van der Waals surface area contributed by atoms with Gasteiger partial charge in [-0.1, -0.05) is 72.3 Å². The van der Waals surface area contributed by atoms with Crippen LogP contribution in [0, 0.1) is 17.7 Å². The van der Waals surface area contributed by atoms with Crippen molar-refractivity contribution in [1.29, 1.82) is 0 Å². The first-order valence-corrected chi connectivity index (χ1v) is 18.4. The smallest absolute Gasteiger partial charge is 0.407 e. The van der Waals surface area contributed by atoms with Crippen LogP contribution in [-0.2, 0) is 37.4 Å². The van der Waals surface area contributed by atoms with Gasteiger partial charge in [0.1, 0.15) is 29.5 Å². The fraction of sp³-hybridized carbons (Fsp3) is 0.375. The lowest BCUT2D eigenvalue weighted by molar-refractivity contribution is -0.139. The van der Waals surface area contributed by atoms with Gasteiger partial charge in [0.2, 0.25) is 0 Å². The number of nitrogens with zero attached hydrogens (tertiary/aromatic N) is 5. The van der Waals surface area contributed by atoms with Gasteiger partial charge in [-0.3, -0.25) is 4.79 Å². The number of alkyl carbamates (subject to hydrolysis) is 1. The lowest BCUT2D eigenvalue weighted by Crippen LogP contribution is -2.36. The number of carbonyl (C=O) groups is 2. The molecule has 1 aliphatic carbocycles. The van der Waals surface area contributed by atoms with Crippen LogP contribution >= 0.6 is 11.6 Å². The van der Waals surface area contributed by atoms with Crippen molar-refractivity contribution >= 4 is 40.6 Å². The van der Waals surface area contributed by atoms with E-state index in [0.717, 1.165) is 36.8 Å². The Labute approximate surface area is 311 Å². The molecule has 3 aliphatic rings. The quantitative estimate of drug-likeness (QED) is 0.151. The largest absolute Gasteiger partial charge is 0.469 e. The minimum absolute atomic E-state index is 0.0598. The van der Waals surface area contributed by atoms with E-state index in [4.69, 9.17) is 40.9 Å². The van der Waals surface area contributed by atoms with Gasteiger partial charge in [-0.2, -0.15) is 5.10 Å². The van der Waals surface area contributed by atoms with Gasteiger partial charge in [0.05, 0.1) is 24.8 Å². The Hall–Kier alpha value is -5.07. The van der Waals surface area contributed by atoms with E-state index in [1.807, 2.05) is 59.3 Å². The molecule has 4 heterocycles. The zero-order valence-corrected chi connectivity index (χ0v) is 30.1. The molecule has 1 amide bonds. The molecule has 1 saturated carbocycles. The summed E-state index contributed by atoms with van der Waals surface area (Å²) in [6, 6.07) is 21.8. The molecule has 0 spiro atoms. The molecule has 3 aromatic carbocycles. The molecule has 2 saturated heterocycles. The standard InChI is InChI=1S/C40H40ClFN6O5/c1-51-35(49)20-26-14-15-27(31(41)19-26)36-37-38(48(46-36)34-13-7-8-18-52-34)45-33(21-43-37)47-17-16-28-30(22-47)40(28,29-11-5-6-12-32(29)42)24-44-39(50)53-23-25-9-3-2-4-10-25/h2-6,9-12,14-15,19,21,28,30,34H,7-8,13,16-18,20,22-24H2,1H3,(H,44,50)/t28-,30+,34?,40-/m1/s1.